The Balaban J connectivity index is 3.37. The van der Waals surface area contributed by atoms with E-state index >= 15 is 0 Å². The summed E-state index contributed by atoms with van der Waals surface area (Å²) < 4.78 is 9.34. The molecule has 1 aromatic rings. The van der Waals surface area contributed by atoms with Crippen LogP contribution in [-0.2, 0) is 4.74 Å². The molecule has 2 N–H and O–H groups in total. The highest BCUT2D eigenvalue weighted by Crippen LogP contribution is 2.30. The highest BCUT2D eigenvalue weighted by atomic mass is 16.6. The van der Waals surface area contributed by atoms with Gasteiger partial charge in [0.15, 0.2) is 0 Å². The first-order valence-electron chi connectivity index (χ1n) is 4.21. The Morgan fingerprint density at radius 1 is 1.44 bits per heavy atom. The number of nitro benzene ring substituents is 1. The molecule has 0 amide bonds. The summed E-state index contributed by atoms with van der Waals surface area (Å²) in [5, 5.41) is 10.6. The minimum atomic E-state index is -0.668. The lowest BCUT2D eigenvalue weighted by atomic mass is 10.1. The summed E-state index contributed by atoms with van der Waals surface area (Å²) in [7, 11) is 2.49. The third kappa shape index (κ3) is 2.02. The standard InChI is InChI=1S/C9H10N2O5/c1-15-8-4-7(11(13)14)6(10)3-5(8)9(12)16-2/h3-4H,10H2,1-2H3. The number of carbonyl (C=O) groups excluding carboxylic acids is 1. The Morgan fingerprint density at radius 3 is 2.50 bits per heavy atom. The van der Waals surface area contributed by atoms with Gasteiger partial charge in [-0.15, -0.1) is 0 Å². The molecule has 1 aromatic carbocycles. The molecule has 0 heterocycles. The first kappa shape index (κ1) is 11.8. The maximum absolute atomic E-state index is 11.3. The van der Waals surface area contributed by atoms with Crippen molar-refractivity contribution in [2.75, 3.05) is 20.0 Å². The molecule has 0 aliphatic heterocycles. The van der Waals surface area contributed by atoms with E-state index in [4.69, 9.17) is 10.5 Å². The molecule has 0 unspecified atom stereocenters. The molecule has 0 radical (unpaired) electrons. The number of ether oxygens (including phenoxy) is 2. The number of nitrogen functional groups attached to an aromatic ring is 1. The largest absolute Gasteiger partial charge is 0.496 e. The van der Waals surface area contributed by atoms with Crippen molar-refractivity contribution in [1.82, 2.24) is 0 Å². The Hall–Kier alpha value is -2.31. The number of rotatable bonds is 3. The minimum absolute atomic E-state index is 0.0488. The second-order valence-electron chi connectivity index (χ2n) is 2.86. The van der Waals surface area contributed by atoms with Gasteiger partial charge >= 0.3 is 5.97 Å². The topological polar surface area (TPSA) is 105 Å². The Kier molecular flexibility index (Phi) is 3.29. The molecule has 0 saturated heterocycles. The van der Waals surface area contributed by atoms with E-state index in [0.29, 0.717) is 0 Å². The number of methoxy groups -OCH3 is 2. The van der Waals surface area contributed by atoms with Crippen LogP contribution in [0.2, 0.25) is 0 Å². The first-order valence-corrected chi connectivity index (χ1v) is 4.21. The van der Waals surface area contributed by atoms with Crippen molar-refractivity contribution in [3.8, 4) is 5.75 Å². The lowest BCUT2D eigenvalue weighted by molar-refractivity contribution is -0.384. The summed E-state index contributed by atoms with van der Waals surface area (Å²) in [4.78, 5) is 21.2. The van der Waals surface area contributed by atoms with Crippen LogP contribution in [0.3, 0.4) is 0 Å². The van der Waals surface area contributed by atoms with Crippen LogP contribution < -0.4 is 10.5 Å². The van der Waals surface area contributed by atoms with Gasteiger partial charge in [-0.25, -0.2) is 4.79 Å². The summed E-state index contributed by atoms with van der Waals surface area (Å²) in [6.07, 6.45) is 0. The molecule has 7 nitrogen and oxygen atoms in total. The highest BCUT2D eigenvalue weighted by Gasteiger charge is 2.20. The number of hydrogen-bond donors (Lipinski definition) is 1. The number of benzene rings is 1. The van der Waals surface area contributed by atoms with E-state index in [1.54, 1.807) is 0 Å². The van der Waals surface area contributed by atoms with Gasteiger partial charge in [-0.2, -0.15) is 0 Å². The number of esters is 1. The molecule has 0 aromatic heterocycles. The van der Waals surface area contributed by atoms with Crippen LogP contribution in [0, 0.1) is 10.1 Å². The Bertz CT molecular complexity index is 444. The normalized spacial score (nSPS) is 9.62. The molecule has 86 valence electrons. The molecule has 0 aliphatic rings. The van der Waals surface area contributed by atoms with Crippen molar-refractivity contribution in [1.29, 1.82) is 0 Å². The van der Waals surface area contributed by atoms with Crippen molar-refractivity contribution in [2.45, 2.75) is 0 Å². The third-order valence-electron chi connectivity index (χ3n) is 1.95. The monoisotopic (exact) mass is 226 g/mol. The molecule has 0 bridgehead atoms. The molecule has 0 fully saturated rings. The summed E-state index contributed by atoms with van der Waals surface area (Å²) in [5.74, 6) is -0.619. The fourth-order valence-corrected chi connectivity index (χ4v) is 1.18. The fourth-order valence-electron chi connectivity index (χ4n) is 1.18. The van der Waals surface area contributed by atoms with Gasteiger partial charge < -0.3 is 15.2 Å². The number of nitrogens with two attached hydrogens (primary N) is 1. The molecular weight excluding hydrogens is 216 g/mol. The smallest absolute Gasteiger partial charge is 0.341 e. The van der Waals surface area contributed by atoms with Crippen LogP contribution in [0.15, 0.2) is 12.1 Å². The van der Waals surface area contributed by atoms with Gasteiger partial charge in [-0.1, -0.05) is 0 Å². The van der Waals surface area contributed by atoms with E-state index in [1.807, 2.05) is 0 Å². The zero-order valence-corrected chi connectivity index (χ0v) is 8.72. The SMILES string of the molecule is COC(=O)c1cc(N)c([N+](=O)[O-])cc1OC. The van der Waals surface area contributed by atoms with E-state index in [2.05, 4.69) is 4.74 Å². The van der Waals surface area contributed by atoms with Crippen LogP contribution in [0.1, 0.15) is 10.4 Å². The van der Waals surface area contributed by atoms with Gasteiger partial charge in [0, 0.05) is 0 Å². The molecule has 1 rings (SSSR count). The van der Waals surface area contributed by atoms with Crippen LogP contribution in [0.4, 0.5) is 11.4 Å². The van der Waals surface area contributed by atoms with Crippen molar-refractivity contribution < 1.29 is 19.2 Å². The molecule has 0 aliphatic carbocycles. The molecule has 7 heteroatoms. The Morgan fingerprint density at radius 2 is 2.06 bits per heavy atom. The van der Waals surface area contributed by atoms with E-state index in [-0.39, 0.29) is 22.7 Å². The maximum Gasteiger partial charge on any atom is 0.341 e. The molecule has 0 saturated carbocycles. The number of nitro groups is 1. The lowest BCUT2D eigenvalue weighted by Crippen LogP contribution is -2.06. The Labute approximate surface area is 90.9 Å². The summed E-state index contributed by atoms with van der Waals surface area (Å²) in [6, 6.07) is 2.24. The zero-order valence-electron chi connectivity index (χ0n) is 8.72. The number of carbonyl (C=O) groups is 1. The van der Waals surface area contributed by atoms with Gasteiger partial charge in [0.25, 0.3) is 5.69 Å². The maximum atomic E-state index is 11.3. The third-order valence-corrected chi connectivity index (χ3v) is 1.95. The van der Waals surface area contributed by atoms with Crippen LogP contribution in [0.25, 0.3) is 0 Å². The van der Waals surface area contributed by atoms with E-state index in [0.717, 1.165) is 12.1 Å². The highest BCUT2D eigenvalue weighted by molar-refractivity contribution is 5.94. The van der Waals surface area contributed by atoms with E-state index < -0.39 is 10.9 Å². The van der Waals surface area contributed by atoms with Crippen molar-refractivity contribution in [3.05, 3.63) is 27.8 Å². The van der Waals surface area contributed by atoms with Crippen molar-refractivity contribution >= 4 is 17.3 Å². The minimum Gasteiger partial charge on any atom is -0.496 e. The number of nitrogens with zero attached hydrogens (tertiary/aromatic N) is 1. The van der Waals surface area contributed by atoms with Crippen LogP contribution in [0.5, 0.6) is 5.75 Å². The quantitative estimate of drug-likeness (QED) is 0.356. The second-order valence-corrected chi connectivity index (χ2v) is 2.86. The first-order chi connectivity index (χ1) is 7.51. The average molecular weight is 226 g/mol. The number of anilines is 1. The van der Waals surface area contributed by atoms with Crippen molar-refractivity contribution in [3.63, 3.8) is 0 Å². The molecule has 16 heavy (non-hydrogen) atoms. The zero-order chi connectivity index (χ0) is 12.3. The fraction of sp³-hybridized carbons (Fsp3) is 0.222. The van der Waals surface area contributed by atoms with E-state index in [9.17, 15) is 14.9 Å². The van der Waals surface area contributed by atoms with Crippen molar-refractivity contribution in [2.24, 2.45) is 0 Å². The second kappa shape index (κ2) is 4.47. The van der Waals surface area contributed by atoms with Gasteiger partial charge in [0.2, 0.25) is 0 Å². The number of hydrogen-bond acceptors (Lipinski definition) is 6. The van der Waals surface area contributed by atoms with Gasteiger partial charge in [0.05, 0.1) is 25.2 Å². The summed E-state index contributed by atoms with van der Waals surface area (Å²) in [5.41, 5.74) is 5.05. The predicted molar refractivity (Wildman–Crippen MR) is 55.4 cm³/mol. The van der Waals surface area contributed by atoms with Crippen LogP contribution >= 0.6 is 0 Å². The van der Waals surface area contributed by atoms with Gasteiger partial charge in [-0.3, -0.25) is 10.1 Å². The lowest BCUT2D eigenvalue weighted by Gasteiger charge is -2.07. The average Bonchev–Trinajstić information content (AvgIpc) is 2.27. The van der Waals surface area contributed by atoms with Crippen LogP contribution in [-0.4, -0.2) is 25.1 Å². The summed E-state index contributed by atoms with van der Waals surface area (Å²) >= 11 is 0. The van der Waals surface area contributed by atoms with E-state index in [1.165, 1.54) is 14.2 Å². The summed E-state index contributed by atoms with van der Waals surface area (Å²) in [6.45, 7) is 0. The molecule has 0 atom stereocenters. The van der Waals surface area contributed by atoms with Gasteiger partial charge in [0.1, 0.15) is 17.0 Å². The molecular formula is C9H10N2O5. The predicted octanol–water partition coefficient (Wildman–Crippen LogP) is 0.972. The van der Waals surface area contributed by atoms with Gasteiger partial charge in [-0.05, 0) is 6.07 Å². The molecule has 0 spiro atoms.